The molecule has 1 aliphatic carbocycles. The van der Waals surface area contributed by atoms with Crippen LogP contribution in [0, 0.1) is 5.92 Å². The van der Waals surface area contributed by atoms with Gasteiger partial charge in [0.05, 0.1) is 19.8 Å². The van der Waals surface area contributed by atoms with Crippen molar-refractivity contribution in [3.8, 4) is 11.5 Å². The van der Waals surface area contributed by atoms with Crippen molar-refractivity contribution in [2.24, 2.45) is 11.7 Å². The van der Waals surface area contributed by atoms with Crippen LogP contribution in [0.4, 0.5) is 5.00 Å². The molecule has 1 unspecified atom stereocenters. The molecule has 1 aromatic carbocycles. The molecule has 3 rings (SSSR count). The van der Waals surface area contributed by atoms with Gasteiger partial charge in [-0.15, -0.1) is 11.3 Å². The number of nitrogens with two attached hydrogens (primary N) is 1. The molecule has 1 atom stereocenters. The van der Waals surface area contributed by atoms with Crippen molar-refractivity contribution in [1.29, 1.82) is 0 Å². The number of carbonyl (C=O) groups is 2. The standard InChI is InChI=1S/C22H26N2O4S/c1-4-13-5-8-15-18(12-13)29-22(20(15)21(23)26)24-19(25)10-7-14-6-9-16(27-2)17(11-14)28-3/h6-7,9-11,13H,4-5,8,12H2,1-3H3,(H2,23,26)(H,24,25)/b10-7+. The lowest BCUT2D eigenvalue weighted by Crippen LogP contribution is -2.19. The molecule has 2 amide bonds. The molecule has 6 nitrogen and oxygen atoms in total. The second kappa shape index (κ2) is 9.13. The molecule has 2 aromatic rings. The predicted molar refractivity (Wildman–Crippen MR) is 116 cm³/mol. The Kier molecular flexibility index (Phi) is 6.59. The Morgan fingerprint density at radius 3 is 2.69 bits per heavy atom. The maximum atomic E-state index is 12.5. The number of thiophene rings is 1. The first-order chi connectivity index (χ1) is 14.0. The van der Waals surface area contributed by atoms with E-state index in [2.05, 4.69) is 12.2 Å². The number of amides is 2. The fourth-order valence-electron chi connectivity index (χ4n) is 3.63. The van der Waals surface area contributed by atoms with Crippen LogP contribution in [0.3, 0.4) is 0 Å². The molecular formula is C22H26N2O4S. The molecule has 3 N–H and O–H groups in total. The lowest BCUT2D eigenvalue weighted by Gasteiger charge is -2.20. The highest BCUT2D eigenvalue weighted by Gasteiger charge is 2.27. The highest BCUT2D eigenvalue weighted by molar-refractivity contribution is 7.17. The van der Waals surface area contributed by atoms with E-state index in [0.717, 1.165) is 41.7 Å². The van der Waals surface area contributed by atoms with Crippen LogP contribution in [-0.2, 0) is 17.6 Å². The molecule has 0 radical (unpaired) electrons. The molecule has 0 saturated carbocycles. The smallest absolute Gasteiger partial charge is 0.251 e. The van der Waals surface area contributed by atoms with Crippen molar-refractivity contribution in [3.05, 3.63) is 45.8 Å². The minimum absolute atomic E-state index is 0.312. The van der Waals surface area contributed by atoms with E-state index in [0.29, 0.717) is 28.0 Å². The van der Waals surface area contributed by atoms with Crippen molar-refractivity contribution in [1.82, 2.24) is 0 Å². The third kappa shape index (κ3) is 4.62. The van der Waals surface area contributed by atoms with Gasteiger partial charge in [-0.2, -0.15) is 0 Å². The molecule has 0 bridgehead atoms. The zero-order valence-corrected chi connectivity index (χ0v) is 17.7. The van der Waals surface area contributed by atoms with Gasteiger partial charge >= 0.3 is 0 Å². The van der Waals surface area contributed by atoms with Crippen molar-refractivity contribution < 1.29 is 19.1 Å². The van der Waals surface area contributed by atoms with Crippen LogP contribution in [0.5, 0.6) is 11.5 Å². The van der Waals surface area contributed by atoms with E-state index in [1.54, 1.807) is 32.4 Å². The number of hydrogen-bond donors (Lipinski definition) is 2. The minimum atomic E-state index is -0.489. The predicted octanol–water partition coefficient (Wildman–Crippen LogP) is 4.03. The summed E-state index contributed by atoms with van der Waals surface area (Å²) in [5, 5.41) is 3.38. The summed E-state index contributed by atoms with van der Waals surface area (Å²) in [5.74, 6) is 1.03. The van der Waals surface area contributed by atoms with E-state index in [-0.39, 0.29) is 5.91 Å². The molecule has 1 aliphatic rings. The molecule has 154 valence electrons. The summed E-state index contributed by atoms with van der Waals surface area (Å²) in [7, 11) is 3.13. The Morgan fingerprint density at radius 1 is 1.28 bits per heavy atom. The Labute approximate surface area is 174 Å². The topological polar surface area (TPSA) is 90.7 Å². The molecule has 0 saturated heterocycles. The number of nitrogens with one attached hydrogen (secondary N) is 1. The Bertz CT molecular complexity index is 949. The van der Waals surface area contributed by atoms with Crippen LogP contribution in [-0.4, -0.2) is 26.0 Å². The number of rotatable bonds is 7. The summed E-state index contributed by atoms with van der Waals surface area (Å²) < 4.78 is 10.5. The third-order valence-electron chi connectivity index (χ3n) is 5.26. The molecule has 7 heteroatoms. The van der Waals surface area contributed by atoms with Gasteiger partial charge in [0.1, 0.15) is 5.00 Å². The maximum Gasteiger partial charge on any atom is 0.251 e. The number of carbonyl (C=O) groups excluding carboxylic acids is 2. The lowest BCUT2D eigenvalue weighted by atomic mass is 9.85. The Balaban J connectivity index is 1.78. The Hall–Kier alpha value is -2.80. The van der Waals surface area contributed by atoms with Gasteiger partial charge < -0.3 is 20.5 Å². The van der Waals surface area contributed by atoms with Crippen LogP contribution in [0.15, 0.2) is 24.3 Å². The normalized spacial score (nSPS) is 15.8. The van der Waals surface area contributed by atoms with E-state index in [9.17, 15) is 9.59 Å². The van der Waals surface area contributed by atoms with Gasteiger partial charge in [-0.05, 0) is 54.5 Å². The first-order valence-electron chi connectivity index (χ1n) is 9.62. The van der Waals surface area contributed by atoms with Gasteiger partial charge in [0, 0.05) is 11.0 Å². The number of hydrogen-bond acceptors (Lipinski definition) is 5. The molecule has 1 aromatic heterocycles. The molecule has 29 heavy (non-hydrogen) atoms. The van der Waals surface area contributed by atoms with E-state index in [1.807, 2.05) is 6.07 Å². The average Bonchev–Trinajstić information content (AvgIpc) is 3.08. The second-order valence-corrected chi connectivity index (χ2v) is 8.13. The fourth-order valence-corrected chi connectivity index (χ4v) is 5.00. The quantitative estimate of drug-likeness (QED) is 0.669. The summed E-state index contributed by atoms with van der Waals surface area (Å²) in [6.07, 6.45) is 7.04. The molecule has 0 aliphatic heterocycles. The number of ether oxygens (including phenoxy) is 2. The van der Waals surface area contributed by atoms with Crippen LogP contribution >= 0.6 is 11.3 Å². The number of benzene rings is 1. The van der Waals surface area contributed by atoms with E-state index < -0.39 is 5.91 Å². The van der Waals surface area contributed by atoms with Gasteiger partial charge in [-0.25, -0.2) is 0 Å². The number of primary amides is 1. The summed E-state index contributed by atoms with van der Waals surface area (Å²) in [6, 6.07) is 5.39. The van der Waals surface area contributed by atoms with Crippen LogP contribution < -0.4 is 20.5 Å². The lowest BCUT2D eigenvalue weighted by molar-refractivity contribution is -0.111. The van der Waals surface area contributed by atoms with Gasteiger partial charge in [0.15, 0.2) is 11.5 Å². The third-order valence-corrected chi connectivity index (χ3v) is 6.43. The van der Waals surface area contributed by atoms with Gasteiger partial charge in [0.2, 0.25) is 5.91 Å². The summed E-state index contributed by atoms with van der Waals surface area (Å²) in [6.45, 7) is 2.18. The summed E-state index contributed by atoms with van der Waals surface area (Å²) >= 11 is 1.47. The van der Waals surface area contributed by atoms with Crippen molar-refractivity contribution in [3.63, 3.8) is 0 Å². The molecule has 0 fully saturated rings. The van der Waals surface area contributed by atoms with Gasteiger partial charge in [0.25, 0.3) is 5.91 Å². The zero-order chi connectivity index (χ0) is 21.0. The number of anilines is 1. The molecule has 0 spiro atoms. The summed E-state index contributed by atoms with van der Waals surface area (Å²) in [4.78, 5) is 25.7. The van der Waals surface area contributed by atoms with Crippen molar-refractivity contribution in [2.45, 2.75) is 32.6 Å². The summed E-state index contributed by atoms with van der Waals surface area (Å²) in [5.41, 5.74) is 7.89. The maximum absolute atomic E-state index is 12.5. The van der Waals surface area contributed by atoms with Crippen molar-refractivity contribution in [2.75, 3.05) is 19.5 Å². The SMILES string of the molecule is CCC1CCc2c(sc(NC(=O)/C=C/c3ccc(OC)c(OC)c3)c2C(N)=O)C1. The van der Waals surface area contributed by atoms with E-state index in [4.69, 9.17) is 15.2 Å². The molecular weight excluding hydrogens is 388 g/mol. The van der Waals surface area contributed by atoms with Crippen molar-refractivity contribution >= 4 is 34.2 Å². The van der Waals surface area contributed by atoms with E-state index in [1.165, 1.54) is 17.4 Å². The van der Waals surface area contributed by atoms with Crippen LogP contribution in [0.2, 0.25) is 0 Å². The van der Waals surface area contributed by atoms with Crippen LogP contribution in [0.1, 0.15) is 46.1 Å². The zero-order valence-electron chi connectivity index (χ0n) is 16.9. The van der Waals surface area contributed by atoms with Gasteiger partial charge in [-0.1, -0.05) is 19.4 Å². The minimum Gasteiger partial charge on any atom is -0.493 e. The number of fused-ring (bicyclic) bond motifs is 1. The number of methoxy groups -OCH3 is 2. The average molecular weight is 415 g/mol. The Morgan fingerprint density at radius 2 is 2.03 bits per heavy atom. The second-order valence-electron chi connectivity index (χ2n) is 7.03. The first-order valence-corrected chi connectivity index (χ1v) is 10.4. The first kappa shape index (κ1) is 20.9. The highest BCUT2D eigenvalue weighted by Crippen LogP contribution is 2.40. The van der Waals surface area contributed by atoms with Gasteiger partial charge in [-0.3, -0.25) is 9.59 Å². The highest BCUT2D eigenvalue weighted by atomic mass is 32.1. The monoisotopic (exact) mass is 414 g/mol. The molecule has 1 heterocycles. The fraction of sp³-hybridized carbons (Fsp3) is 0.364. The van der Waals surface area contributed by atoms with E-state index >= 15 is 0 Å². The van der Waals surface area contributed by atoms with Crippen LogP contribution in [0.25, 0.3) is 6.08 Å². The largest absolute Gasteiger partial charge is 0.493 e.